The third kappa shape index (κ3) is 2.82. The highest BCUT2D eigenvalue weighted by Crippen LogP contribution is 2.24. The van der Waals surface area contributed by atoms with Gasteiger partial charge in [-0.2, -0.15) is 0 Å². The highest BCUT2D eigenvalue weighted by Gasteiger charge is 2.28. The summed E-state index contributed by atoms with van der Waals surface area (Å²) in [6.07, 6.45) is 5.68. The molecule has 0 fully saturated rings. The number of hydrogen-bond donors (Lipinski definition) is 1. The third-order valence-electron chi connectivity index (χ3n) is 2.75. The second kappa shape index (κ2) is 4.25. The average Bonchev–Trinajstić information content (AvgIpc) is 2.05. The van der Waals surface area contributed by atoms with Crippen LogP contribution < -0.4 is 5.73 Å². The number of nitrogens with two attached hydrogens (primary N) is 1. The number of hydrogen-bond acceptors (Lipinski definition) is 2. The first-order valence-corrected chi connectivity index (χ1v) is 5.15. The number of nitrogens with zero attached hydrogens (tertiary/aromatic N) is 1. The molecule has 0 aromatic rings. The SMILES string of the molecule is CC(C)(C)C(CN)N1CC=CCC1. The maximum absolute atomic E-state index is 5.82. The second-order valence-corrected chi connectivity index (χ2v) is 4.87. The van der Waals surface area contributed by atoms with Gasteiger partial charge in [-0.1, -0.05) is 32.9 Å². The van der Waals surface area contributed by atoms with Crippen molar-refractivity contribution in [1.29, 1.82) is 0 Å². The van der Waals surface area contributed by atoms with E-state index in [-0.39, 0.29) is 0 Å². The molecule has 2 heteroatoms. The summed E-state index contributed by atoms with van der Waals surface area (Å²) in [7, 11) is 0. The minimum Gasteiger partial charge on any atom is -0.329 e. The second-order valence-electron chi connectivity index (χ2n) is 4.87. The van der Waals surface area contributed by atoms with E-state index in [1.807, 2.05) is 0 Å². The molecule has 0 radical (unpaired) electrons. The fourth-order valence-electron chi connectivity index (χ4n) is 1.99. The van der Waals surface area contributed by atoms with Gasteiger partial charge in [0.15, 0.2) is 0 Å². The zero-order chi connectivity index (χ0) is 9.90. The Morgan fingerprint density at radius 1 is 1.38 bits per heavy atom. The molecular formula is C11H22N2. The Bertz CT molecular complexity index is 179. The molecule has 0 bridgehead atoms. The Morgan fingerprint density at radius 2 is 2.08 bits per heavy atom. The lowest BCUT2D eigenvalue weighted by Gasteiger charge is -2.40. The minimum atomic E-state index is 0.292. The first kappa shape index (κ1) is 10.7. The zero-order valence-electron chi connectivity index (χ0n) is 9.09. The van der Waals surface area contributed by atoms with Crippen LogP contribution in [0.1, 0.15) is 27.2 Å². The maximum Gasteiger partial charge on any atom is 0.0270 e. The molecule has 1 atom stereocenters. The van der Waals surface area contributed by atoms with Gasteiger partial charge in [0.05, 0.1) is 0 Å². The molecule has 2 nitrogen and oxygen atoms in total. The molecule has 1 aliphatic heterocycles. The smallest absolute Gasteiger partial charge is 0.0270 e. The molecule has 13 heavy (non-hydrogen) atoms. The minimum absolute atomic E-state index is 0.292. The summed E-state index contributed by atoms with van der Waals surface area (Å²) in [6.45, 7) is 9.79. The lowest BCUT2D eigenvalue weighted by molar-refractivity contribution is 0.115. The summed E-state index contributed by atoms with van der Waals surface area (Å²) in [6, 6.07) is 0.512. The highest BCUT2D eigenvalue weighted by molar-refractivity contribution is 4.95. The molecule has 0 aromatic carbocycles. The van der Waals surface area contributed by atoms with E-state index in [1.165, 1.54) is 6.42 Å². The van der Waals surface area contributed by atoms with Crippen LogP contribution in [0.15, 0.2) is 12.2 Å². The Morgan fingerprint density at radius 3 is 2.46 bits per heavy atom. The van der Waals surface area contributed by atoms with Gasteiger partial charge in [-0.3, -0.25) is 4.90 Å². The number of rotatable bonds is 2. The monoisotopic (exact) mass is 182 g/mol. The van der Waals surface area contributed by atoms with Crippen molar-refractivity contribution in [2.75, 3.05) is 19.6 Å². The Hall–Kier alpha value is -0.340. The molecule has 0 aliphatic carbocycles. The van der Waals surface area contributed by atoms with Gasteiger partial charge in [0, 0.05) is 25.7 Å². The van der Waals surface area contributed by atoms with Gasteiger partial charge in [0.1, 0.15) is 0 Å². The van der Waals surface area contributed by atoms with E-state index < -0.39 is 0 Å². The van der Waals surface area contributed by atoms with Gasteiger partial charge >= 0.3 is 0 Å². The van der Waals surface area contributed by atoms with Crippen molar-refractivity contribution in [3.05, 3.63) is 12.2 Å². The van der Waals surface area contributed by atoms with E-state index in [2.05, 4.69) is 37.8 Å². The van der Waals surface area contributed by atoms with Crippen molar-refractivity contribution < 1.29 is 0 Å². The molecular weight excluding hydrogens is 160 g/mol. The fourth-order valence-corrected chi connectivity index (χ4v) is 1.99. The molecule has 0 amide bonds. The largest absolute Gasteiger partial charge is 0.329 e. The van der Waals surface area contributed by atoms with Gasteiger partial charge < -0.3 is 5.73 Å². The average molecular weight is 182 g/mol. The van der Waals surface area contributed by atoms with Gasteiger partial charge in [-0.15, -0.1) is 0 Å². The van der Waals surface area contributed by atoms with Crippen molar-refractivity contribution in [3.8, 4) is 0 Å². The Labute approximate surface area is 81.8 Å². The molecule has 0 saturated heterocycles. The summed E-state index contributed by atoms with van der Waals surface area (Å²) in [5.74, 6) is 0. The van der Waals surface area contributed by atoms with Crippen molar-refractivity contribution in [2.45, 2.75) is 33.2 Å². The topological polar surface area (TPSA) is 29.3 Å². The molecule has 0 spiro atoms. The molecule has 0 saturated carbocycles. The van der Waals surface area contributed by atoms with Crippen LogP contribution in [0.25, 0.3) is 0 Å². The molecule has 1 heterocycles. The normalized spacial score (nSPS) is 21.8. The van der Waals surface area contributed by atoms with Crippen LogP contribution in [0.5, 0.6) is 0 Å². The van der Waals surface area contributed by atoms with Gasteiger partial charge in [-0.25, -0.2) is 0 Å². The van der Waals surface area contributed by atoms with Crippen LogP contribution in [-0.2, 0) is 0 Å². The Balaban J connectivity index is 2.60. The van der Waals surface area contributed by atoms with Gasteiger partial charge in [0.2, 0.25) is 0 Å². The maximum atomic E-state index is 5.82. The molecule has 1 unspecified atom stereocenters. The van der Waals surface area contributed by atoms with Crippen LogP contribution in [0.4, 0.5) is 0 Å². The van der Waals surface area contributed by atoms with Gasteiger partial charge in [0.25, 0.3) is 0 Å². The van der Waals surface area contributed by atoms with E-state index in [0.29, 0.717) is 11.5 Å². The van der Waals surface area contributed by atoms with E-state index in [1.54, 1.807) is 0 Å². The predicted octanol–water partition coefficient (Wildman–Crippen LogP) is 1.62. The third-order valence-corrected chi connectivity index (χ3v) is 2.75. The van der Waals surface area contributed by atoms with Crippen LogP contribution >= 0.6 is 0 Å². The first-order valence-electron chi connectivity index (χ1n) is 5.15. The standard InChI is InChI=1S/C11H22N2/c1-11(2,3)10(9-12)13-7-5-4-6-8-13/h4-5,10H,6-9,12H2,1-3H3. The van der Waals surface area contributed by atoms with E-state index in [4.69, 9.17) is 5.73 Å². The van der Waals surface area contributed by atoms with Crippen LogP contribution in [0.2, 0.25) is 0 Å². The molecule has 1 rings (SSSR count). The van der Waals surface area contributed by atoms with Gasteiger partial charge in [-0.05, 0) is 11.8 Å². The van der Waals surface area contributed by atoms with Crippen LogP contribution in [0, 0.1) is 5.41 Å². The fraction of sp³-hybridized carbons (Fsp3) is 0.818. The summed E-state index contributed by atoms with van der Waals surface area (Å²) >= 11 is 0. The molecule has 2 N–H and O–H groups in total. The first-order chi connectivity index (χ1) is 6.05. The quantitative estimate of drug-likeness (QED) is 0.658. The van der Waals surface area contributed by atoms with E-state index >= 15 is 0 Å². The van der Waals surface area contributed by atoms with Crippen molar-refractivity contribution in [2.24, 2.45) is 11.1 Å². The molecule has 0 aromatic heterocycles. The van der Waals surface area contributed by atoms with Crippen molar-refractivity contribution in [3.63, 3.8) is 0 Å². The Kier molecular flexibility index (Phi) is 3.51. The highest BCUT2D eigenvalue weighted by atomic mass is 15.2. The predicted molar refractivity (Wildman–Crippen MR) is 57.6 cm³/mol. The lowest BCUT2D eigenvalue weighted by atomic mass is 9.85. The zero-order valence-corrected chi connectivity index (χ0v) is 9.09. The van der Waals surface area contributed by atoms with E-state index in [0.717, 1.165) is 19.6 Å². The lowest BCUT2D eigenvalue weighted by Crippen LogP contribution is -2.49. The van der Waals surface area contributed by atoms with Crippen molar-refractivity contribution in [1.82, 2.24) is 4.90 Å². The summed E-state index contributed by atoms with van der Waals surface area (Å²) in [5, 5.41) is 0. The van der Waals surface area contributed by atoms with Crippen LogP contribution in [-0.4, -0.2) is 30.6 Å². The van der Waals surface area contributed by atoms with Crippen molar-refractivity contribution >= 4 is 0 Å². The van der Waals surface area contributed by atoms with E-state index in [9.17, 15) is 0 Å². The summed E-state index contributed by atoms with van der Waals surface area (Å²) in [5.41, 5.74) is 6.12. The summed E-state index contributed by atoms with van der Waals surface area (Å²) in [4.78, 5) is 2.49. The summed E-state index contributed by atoms with van der Waals surface area (Å²) < 4.78 is 0. The van der Waals surface area contributed by atoms with Crippen LogP contribution in [0.3, 0.4) is 0 Å². The molecule has 1 aliphatic rings. The molecule has 76 valence electrons.